The van der Waals surface area contributed by atoms with Crippen LogP contribution in [0.25, 0.3) is 11.1 Å². The van der Waals surface area contributed by atoms with Crippen LogP contribution in [0.1, 0.15) is 11.1 Å². The number of rotatable bonds is 1. The molecule has 0 saturated heterocycles. The highest BCUT2D eigenvalue weighted by molar-refractivity contribution is 6.30. The maximum Gasteiger partial charge on any atom is 0.171 e. The van der Waals surface area contributed by atoms with E-state index in [1.54, 1.807) is 24.3 Å². The van der Waals surface area contributed by atoms with Crippen molar-refractivity contribution in [1.82, 2.24) is 0 Å². The maximum absolute atomic E-state index is 11.3. The molecule has 0 aromatic heterocycles. The van der Waals surface area contributed by atoms with Crippen LogP contribution in [0.2, 0.25) is 5.02 Å². The molecule has 0 amide bonds. The fourth-order valence-corrected chi connectivity index (χ4v) is 2.56. The standard InChI is InChI=1S/C14H9ClO2/c15-9-5-6-11-10-3-1-2-4-12(10)14(17,8-16)13(11)7-9/h1-8,17H. The predicted molar refractivity (Wildman–Crippen MR) is 66.0 cm³/mol. The molecular formula is C14H9ClO2. The van der Waals surface area contributed by atoms with E-state index in [1.165, 1.54) is 0 Å². The lowest BCUT2D eigenvalue weighted by Gasteiger charge is -2.18. The van der Waals surface area contributed by atoms with Crippen LogP contribution in [-0.2, 0) is 10.4 Å². The smallest absolute Gasteiger partial charge is 0.171 e. The molecule has 3 rings (SSSR count). The van der Waals surface area contributed by atoms with E-state index in [2.05, 4.69) is 0 Å². The number of carbonyl (C=O) groups is 1. The minimum atomic E-state index is -1.57. The first-order valence-electron chi connectivity index (χ1n) is 5.25. The SMILES string of the molecule is O=CC1(O)c2ccccc2-c2ccc(Cl)cc21. The van der Waals surface area contributed by atoms with Crippen LogP contribution >= 0.6 is 11.6 Å². The normalized spacial score (nSPS) is 20.8. The first-order valence-corrected chi connectivity index (χ1v) is 5.63. The van der Waals surface area contributed by atoms with Crippen LogP contribution in [0.4, 0.5) is 0 Å². The molecule has 0 saturated carbocycles. The molecular weight excluding hydrogens is 236 g/mol. The van der Waals surface area contributed by atoms with Crippen molar-refractivity contribution in [2.24, 2.45) is 0 Å². The molecule has 1 N–H and O–H groups in total. The van der Waals surface area contributed by atoms with E-state index in [9.17, 15) is 9.90 Å². The fourth-order valence-electron chi connectivity index (χ4n) is 2.39. The Hall–Kier alpha value is -1.64. The molecule has 2 aromatic rings. The van der Waals surface area contributed by atoms with Crippen molar-refractivity contribution in [3.63, 3.8) is 0 Å². The largest absolute Gasteiger partial charge is 0.373 e. The second-order valence-electron chi connectivity index (χ2n) is 4.12. The number of aldehydes is 1. The average molecular weight is 245 g/mol. The van der Waals surface area contributed by atoms with Gasteiger partial charge in [0.05, 0.1) is 0 Å². The van der Waals surface area contributed by atoms with E-state index in [1.807, 2.05) is 18.2 Å². The molecule has 1 atom stereocenters. The number of fused-ring (bicyclic) bond motifs is 3. The Morgan fingerprint density at radius 3 is 2.53 bits per heavy atom. The predicted octanol–water partition coefficient (Wildman–Crippen LogP) is 2.76. The maximum atomic E-state index is 11.3. The summed E-state index contributed by atoms with van der Waals surface area (Å²) in [7, 11) is 0. The van der Waals surface area contributed by atoms with Crippen LogP contribution in [-0.4, -0.2) is 11.4 Å². The summed E-state index contributed by atoms with van der Waals surface area (Å²) in [6, 6.07) is 12.6. The fraction of sp³-hybridized carbons (Fsp3) is 0.0714. The third-order valence-corrected chi connectivity index (χ3v) is 3.43. The number of halogens is 1. The van der Waals surface area contributed by atoms with Gasteiger partial charge in [-0.3, -0.25) is 4.79 Å². The lowest BCUT2D eigenvalue weighted by atomic mass is 9.93. The van der Waals surface area contributed by atoms with Crippen LogP contribution in [0.3, 0.4) is 0 Å². The van der Waals surface area contributed by atoms with E-state index in [-0.39, 0.29) is 0 Å². The molecule has 0 heterocycles. The molecule has 0 spiro atoms. The summed E-state index contributed by atoms with van der Waals surface area (Å²) in [5.74, 6) is 0. The zero-order valence-electron chi connectivity index (χ0n) is 8.85. The third kappa shape index (κ3) is 1.28. The Kier molecular flexibility index (Phi) is 2.12. The van der Waals surface area contributed by atoms with Gasteiger partial charge < -0.3 is 5.11 Å². The summed E-state index contributed by atoms with van der Waals surface area (Å²) in [6.07, 6.45) is 0.563. The van der Waals surface area contributed by atoms with Gasteiger partial charge in [0.15, 0.2) is 11.9 Å². The van der Waals surface area contributed by atoms with Crippen molar-refractivity contribution in [2.45, 2.75) is 5.60 Å². The van der Waals surface area contributed by atoms with Crippen molar-refractivity contribution in [1.29, 1.82) is 0 Å². The van der Waals surface area contributed by atoms with Gasteiger partial charge in [-0.05, 0) is 23.3 Å². The van der Waals surface area contributed by atoms with Gasteiger partial charge in [-0.1, -0.05) is 41.9 Å². The quantitative estimate of drug-likeness (QED) is 0.784. The Balaban J connectivity index is 2.42. The topological polar surface area (TPSA) is 37.3 Å². The number of carbonyl (C=O) groups excluding carboxylic acids is 1. The van der Waals surface area contributed by atoms with Gasteiger partial charge in [0, 0.05) is 16.1 Å². The molecule has 0 fully saturated rings. The van der Waals surface area contributed by atoms with Crippen LogP contribution in [0.15, 0.2) is 42.5 Å². The van der Waals surface area contributed by atoms with Crippen molar-refractivity contribution >= 4 is 17.9 Å². The van der Waals surface area contributed by atoms with Crippen LogP contribution in [0, 0.1) is 0 Å². The summed E-state index contributed by atoms with van der Waals surface area (Å²) < 4.78 is 0. The number of hydrogen-bond acceptors (Lipinski definition) is 2. The minimum absolute atomic E-state index is 0.511. The van der Waals surface area contributed by atoms with Gasteiger partial charge in [-0.2, -0.15) is 0 Å². The van der Waals surface area contributed by atoms with Crippen molar-refractivity contribution in [2.75, 3.05) is 0 Å². The summed E-state index contributed by atoms with van der Waals surface area (Å²) in [5.41, 5.74) is 1.35. The summed E-state index contributed by atoms with van der Waals surface area (Å²) in [4.78, 5) is 11.3. The highest BCUT2D eigenvalue weighted by atomic mass is 35.5. The Bertz CT molecular complexity index is 621. The van der Waals surface area contributed by atoms with E-state index >= 15 is 0 Å². The lowest BCUT2D eigenvalue weighted by molar-refractivity contribution is -0.120. The van der Waals surface area contributed by atoms with Crippen molar-refractivity contribution < 1.29 is 9.90 Å². The van der Waals surface area contributed by atoms with E-state index < -0.39 is 5.60 Å². The molecule has 17 heavy (non-hydrogen) atoms. The first-order chi connectivity index (χ1) is 8.16. The Labute approximate surface area is 103 Å². The van der Waals surface area contributed by atoms with Gasteiger partial charge in [-0.25, -0.2) is 0 Å². The van der Waals surface area contributed by atoms with Crippen molar-refractivity contribution in [3.8, 4) is 11.1 Å². The summed E-state index contributed by atoms with van der Waals surface area (Å²) in [5, 5.41) is 11.0. The van der Waals surface area contributed by atoms with E-state index in [4.69, 9.17) is 11.6 Å². The lowest BCUT2D eigenvalue weighted by Crippen LogP contribution is -2.26. The second-order valence-corrected chi connectivity index (χ2v) is 4.56. The van der Waals surface area contributed by atoms with Gasteiger partial charge in [-0.15, -0.1) is 0 Å². The third-order valence-electron chi connectivity index (χ3n) is 3.19. The molecule has 1 unspecified atom stereocenters. The highest BCUT2D eigenvalue weighted by Crippen LogP contribution is 2.46. The van der Waals surface area contributed by atoms with Crippen LogP contribution in [0.5, 0.6) is 0 Å². The molecule has 84 valence electrons. The van der Waals surface area contributed by atoms with Gasteiger partial charge >= 0.3 is 0 Å². The Morgan fingerprint density at radius 2 is 1.76 bits per heavy atom. The second kappa shape index (κ2) is 3.42. The van der Waals surface area contributed by atoms with Gasteiger partial charge in [0.1, 0.15) is 0 Å². The minimum Gasteiger partial charge on any atom is -0.373 e. The molecule has 2 nitrogen and oxygen atoms in total. The molecule has 3 heteroatoms. The zero-order valence-corrected chi connectivity index (χ0v) is 9.61. The monoisotopic (exact) mass is 244 g/mol. The summed E-state index contributed by atoms with van der Waals surface area (Å²) in [6.45, 7) is 0. The van der Waals surface area contributed by atoms with E-state index in [0.717, 1.165) is 11.1 Å². The number of aliphatic hydroxyl groups is 1. The average Bonchev–Trinajstić information content (AvgIpc) is 2.61. The zero-order chi connectivity index (χ0) is 12.0. The Morgan fingerprint density at radius 1 is 1.06 bits per heavy atom. The molecule has 0 radical (unpaired) electrons. The molecule has 1 aliphatic rings. The molecule has 2 aromatic carbocycles. The van der Waals surface area contributed by atoms with Gasteiger partial charge in [0.2, 0.25) is 0 Å². The van der Waals surface area contributed by atoms with Gasteiger partial charge in [0.25, 0.3) is 0 Å². The highest BCUT2D eigenvalue weighted by Gasteiger charge is 2.41. The number of hydrogen-bond donors (Lipinski definition) is 1. The summed E-state index contributed by atoms with van der Waals surface area (Å²) >= 11 is 5.92. The van der Waals surface area contributed by atoms with Crippen molar-refractivity contribution in [3.05, 3.63) is 58.6 Å². The number of benzene rings is 2. The first kappa shape index (κ1) is 10.5. The molecule has 0 aliphatic heterocycles. The molecule has 0 bridgehead atoms. The van der Waals surface area contributed by atoms with Crippen LogP contribution < -0.4 is 0 Å². The van der Waals surface area contributed by atoms with E-state index in [0.29, 0.717) is 22.4 Å². The molecule has 1 aliphatic carbocycles.